The number of hydrogen-bond donors (Lipinski definition) is 0. The highest BCUT2D eigenvalue weighted by atomic mass is 32.2. The molecule has 0 spiro atoms. The number of hydrogen-bond acceptors (Lipinski definition) is 5. The minimum atomic E-state index is -0.336. The van der Waals surface area contributed by atoms with Crippen LogP contribution in [0.5, 0.6) is 0 Å². The number of aromatic nitrogens is 1. The van der Waals surface area contributed by atoms with Gasteiger partial charge in [0.05, 0.1) is 18.4 Å². The van der Waals surface area contributed by atoms with Gasteiger partial charge in [-0.1, -0.05) is 13.8 Å². The Morgan fingerprint density at radius 1 is 1.45 bits per heavy atom. The van der Waals surface area contributed by atoms with Gasteiger partial charge in [-0.3, -0.25) is 9.88 Å². The molecule has 4 nitrogen and oxygen atoms in total. The number of methoxy groups -OCH3 is 1. The highest BCUT2D eigenvalue weighted by molar-refractivity contribution is 8.00. The van der Waals surface area contributed by atoms with Crippen molar-refractivity contribution < 1.29 is 9.53 Å². The molecule has 0 bridgehead atoms. The lowest BCUT2D eigenvalue weighted by atomic mass is 10.1. The normalized spacial score (nSPS) is 19.4. The minimum absolute atomic E-state index is 0.336. The Balaban J connectivity index is 1.94. The highest BCUT2D eigenvalue weighted by Crippen LogP contribution is 2.30. The summed E-state index contributed by atoms with van der Waals surface area (Å²) in [6, 6.07) is 3.69. The Hall–Kier alpha value is -1.07. The van der Waals surface area contributed by atoms with E-state index in [2.05, 4.69) is 28.5 Å². The second kappa shape index (κ2) is 6.59. The SMILES string of the molecule is COC(=O)c1ccc(CN2CCSC(C)(C)CC2)nc1. The number of rotatable bonds is 3. The van der Waals surface area contributed by atoms with Crippen molar-refractivity contribution in [3.05, 3.63) is 29.6 Å². The first kappa shape index (κ1) is 15.3. The summed E-state index contributed by atoms with van der Waals surface area (Å²) in [6.45, 7) is 7.65. The maximum Gasteiger partial charge on any atom is 0.339 e. The van der Waals surface area contributed by atoms with Gasteiger partial charge in [0, 0.05) is 29.8 Å². The predicted octanol–water partition coefficient (Wildman–Crippen LogP) is 2.59. The number of thioether (sulfide) groups is 1. The average molecular weight is 294 g/mol. The molecule has 110 valence electrons. The van der Waals surface area contributed by atoms with E-state index in [9.17, 15) is 4.79 Å². The standard InChI is InChI=1S/C15H22N2O2S/c1-15(2)6-7-17(8-9-20-15)11-13-5-4-12(10-16-13)14(18)19-3/h4-5,10H,6-9,11H2,1-3H3. The average Bonchev–Trinajstić information content (AvgIpc) is 2.60. The maximum absolute atomic E-state index is 11.4. The number of ether oxygens (including phenoxy) is 1. The number of nitrogens with zero attached hydrogens (tertiary/aromatic N) is 2. The fraction of sp³-hybridized carbons (Fsp3) is 0.600. The molecule has 0 amide bonds. The lowest BCUT2D eigenvalue weighted by molar-refractivity contribution is 0.0600. The predicted molar refractivity (Wildman–Crippen MR) is 82.0 cm³/mol. The Kier molecular flexibility index (Phi) is 5.05. The summed E-state index contributed by atoms with van der Waals surface area (Å²) in [5.41, 5.74) is 1.51. The smallest absolute Gasteiger partial charge is 0.339 e. The molecule has 1 aromatic rings. The number of pyridine rings is 1. The van der Waals surface area contributed by atoms with Gasteiger partial charge in [-0.2, -0.15) is 11.8 Å². The van der Waals surface area contributed by atoms with Gasteiger partial charge in [0.15, 0.2) is 0 Å². The highest BCUT2D eigenvalue weighted by Gasteiger charge is 2.23. The summed E-state index contributed by atoms with van der Waals surface area (Å²) in [5.74, 6) is 0.824. The van der Waals surface area contributed by atoms with Gasteiger partial charge in [0.2, 0.25) is 0 Å². The van der Waals surface area contributed by atoms with Gasteiger partial charge in [0.1, 0.15) is 0 Å². The van der Waals surface area contributed by atoms with Crippen molar-refractivity contribution in [2.75, 3.05) is 26.0 Å². The topological polar surface area (TPSA) is 42.4 Å². The van der Waals surface area contributed by atoms with E-state index in [1.807, 2.05) is 17.8 Å². The van der Waals surface area contributed by atoms with Crippen molar-refractivity contribution in [3.63, 3.8) is 0 Å². The van der Waals surface area contributed by atoms with E-state index in [4.69, 9.17) is 0 Å². The molecule has 1 saturated heterocycles. The monoisotopic (exact) mass is 294 g/mol. The molecule has 1 aromatic heterocycles. The Morgan fingerprint density at radius 2 is 2.25 bits per heavy atom. The van der Waals surface area contributed by atoms with Gasteiger partial charge in [-0.15, -0.1) is 0 Å². The molecule has 0 aliphatic carbocycles. The zero-order valence-electron chi connectivity index (χ0n) is 12.4. The lowest BCUT2D eigenvalue weighted by Crippen LogP contribution is -2.27. The van der Waals surface area contributed by atoms with Crippen LogP contribution >= 0.6 is 11.8 Å². The van der Waals surface area contributed by atoms with E-state index >= 15 is 0 Å². The summed E-state index contributed by atoms with van der Waals surface area (Å²) in [4.78, 5) is 18.1. The third kappa shape index (κ3) is 4.21. The van der Waals surface area contributed by atoms with Crippen molar-refractivity contribution >= 4 is 17.7 Å². The number of esters is 1. The molecular weight excluding hydrogens is 272 g/mol. The zero-order valence-corrected chi connectivity index (χ0v) is 13.2. The summed E-state index contributed by atoms with van der Waals surface area (Å²) < 4.78 is 5.05. The van der Waals surface area contributed by atoms with Crippen LogP contribution in [0.25, 0.3) is 0 Å². The van der Waals surface area contributed by atoms with Crippen LogP contribution < -0.4 is 0 Å². The van der Waals surface area contributed by atoms with Crippen LogP contribution in [-0.2, 0) is 11.3 Å². The van der Waals surface area contributed by atoms with E-state index in [0.717, 1.165) is 31.1 Å². The summed E-state index contributed by atoms with van der Waals surface area (Å²) in [5, 5.41) is 0. The van der Waals surface area contributed by atoms with Crippen LogP contribution in [0.3, 0.4) is 0 Å². The molecule has 5 heteroatoms. The molecule has 1 aliphatic heterocycles. The summed E-state index contributed by atoms with van der Waals surface area (Å²) in [6.07, 6.45) is 2.79. The van der Waals surface area contributed by atoms with Gasteiger partial charge in [-0.25, -0.2) is 4.79 Å². The quantitative estimate of drug-likeness (QED) is 0.802. The van der Waals surface area contributed by atoms with E-state index in [0.29, 0.717) is 10.3 Å². The van der Waals surface area contributed by atoms with Gasteiger partial charge < -0.3 is 4.74 Å². The molecule has 0 unspecified atom stereocenters. The van der Waals surface area contributed by atoms with Crippen LogP contribution in [-0.4, -0.2) is 46.6 Å². The minimum Gasteiger partial charge on any atom is -0.465 e. The van der Waals surface area contributed by atoms with Crippen molar-refractivity contribution in [3.8, 4) is 0 Å². The molecule has 0 atom stereocenters. The molecule has 2 heterocycles. The molecule has 0 aromatic carbocycles. The molecule has 0 saturated carbocycles. The molecule has 2 rings (SSSR count). The van der Waals surface area contributed by atoms with E-state index in [1.165, 1.54) is 13.5 Å². The third-order valence-corrected chi connectivity index (χ3v) is 4.93. The van der Waals surface area contributed by atoms with E-state index in [1.54, 1.807) is 12.3 Å². The second-order valence-electron chi connectivity index (χ2n) is 5.66. The number of carbonyl (C=O) groups excluding carboxylic acids is 1. The van der Waals surface area contributed by atoms with Crippen LogP contribution in [0.2, 0.25) is 0 Å². The van der Waals surface area contributed by atoms with Crippen LogP contribution in [0.4, 0.5) is 0 Å². The molecule has 0 radical (unpaired) electrons. The first-order valence-electron chi connectivity index (χ1n) is 6.90. The van der Waals surface area contributed by atoms with Crippen LogP contribution in [0.15, 0.2) is 18.3 Å². The zero-order chi connectivity index (χ0) is 14.6. The first-order valence-corrected chi connectivity index (χ1v) is 7.88. The molecule has 20 heavy (non-hydrogen) atoms. The largest absolute Gasteiger partial charge is 0.465 e. The second-order valence-corrected chi connectivity index (χ2v) is 7.47. The van der Waals surface area contributed by atoms with Gasteiger partial charge >= 0.3 is 5.97 Å². The molecule has 1 fully saturated rings. The first-order chi connectivity index (χ1) is 9.50. The van der Waals surface area contributed by atoms with Crippen LogP contribution in [0.1, 0.15) is 36.3 Å². The van der Waals surface area contributed by atoms with Crippen molar-refractivity contribution in [1.29, 1.82) is 0 Å². The fourth-order valence-electron chi connectivity index (χ4n) is 2.21. The molecule has 1 aliphatic rings. The van der Waals surface area contributed by atoms with E-state index < -0.39 is 0 Å². The van der Waals surface area contributed by atoms with Crippen LogP contribution in [0, 0.1) is 0 Å². The molecule has 0 N–H and O–H groups in total. The Morgan fingerprint density at radius 3 is 2.90 bits per heavy atom. The molecular formula is C15H22N2O2S. The third-order valence-electron chi connectivity index (χ3n) is 3.56. The van der Waals surface area contributed by atoms with E-state index in [-0.39, 0.29) is 5.97 Å². The fourth-order valence-corrected chi connectivity index (χ4v) is 3.34. The van der Waals surface area contributed by atoms with Crippen molar-refractivity contribution in [1.82, 2.24) is 9.88 Å². The van der Waals surface area contributed by atoms with Gasteiger partial charge in [-0.05, 0) is 25.1 Å². The van der Waals surface area contributed by atoms with Crippen molar-refractivity contribution in [2.24, 2.45) is 0 Å². The van der Waals surface area contributed by atoms with Gasteiger partial charge in [0.25, 0.3) is 0 Å². The Bertz CT molecular complexity index is 459. The lowest BCUT2D eigenvalue weighted by Gasteiger charge is -2.22. The Labute approximate surface area is 124 Å². The summed E-state index contributed by atoms with van der Waals surface area (Å²) >= 11 is 2.04. The number of carbonyl (C=O) groups is 1. The summed E-state index contributed by atoms with van der Waals surface area (Å²) in [7, 11) is 1.38. The maximum atomic E-state index is 11.4. The van der Waals surface area contributed by atoms with Crippen molar-refractivity contribution in [2.45, 2.75) is 31.6 Å².